The van der Waals surface area contributed by atoms with Gasteiger partial charge in [0.2, 0.25) is 0 Å². The molecule has 0 aliphatic rings. The van der Waals surface area contributed by atoms with Crippen LogP contribution in [0.25, 0.3) is 0 Å². The third kappa shape index (κ3) is 23.9. The average molecular weight is 362 g/mol. The molecule has 8 nitrogen and oxygen atoms in total. The molecule has 0 heterocycles. The second-order valence-corrected chi connectivity index (χ2v) is 5.72. The van der Waals surface area contributed by atoms with Gasteiger partial charge >= 0.3 is 57.2 Å². The second-order valence-electron chi connectivity index (χ2n) is 0.816. The molecular weight excluding hydrogens is 362 g/mol. The average Bonchev–Trinajstić information content (AvgIpc) is 1.88. The Bertz CT molecular complexity index is 177. The summed E-state index contributed by atoms with van der Waals surface area (Å²) >= 11 is 0. The minimum absolute atomic E-state index is 0. The van der Waals surface area contributed by atoms with E-state index in [1.54, 1.807) is 0 Å². The first kappa shape index (κ1) is 25.2. The van der Waals surface area contributed by atoms with Crippen LogP contribution in [0.4, 0.5) is 0 Å². The van der Waals surface area contributed by atoms with E-state index in [0.29, 0.717) is 0 Å². The molecular formula is CaO8S4Zn. The van der Waals surface area contributed by atoms with Crippen molar-refractivity contribution < 1.29 is 54.5 Å². The molecule has 0 aliphatic carbocycles. The molecule has 76 valence electrons. The zero-order valence-corrected chi connectivity index (χ0v) is 14.8. The molecule has 0 rings (SSSR count). The number of hydrogen-bond acceptors (Lipinski definition) is 8. The Labute approximate surface area is 131 Å². The van der Waals surface area contributed by atoms with Crippen molar-refractivity contribution >= 4 is 78.2 Å². The molecule has 0 fully saturated rings. The SMILES string of the molecule is O=S([O-])S(=O)[O-].O=S([O-])S(=O)[O-].[Ca+2].[Zn+2]. The van der Waals surface area contributed by atoms with Crippen LogP contribution in [0.3, 0.4) is 0 Å². The predicted octanol–water partition coefficient (Wildman–Crippen LogP) is -3.06. The molecule has 14 heavy (non-hydrogen) atoms. The molecule has 0 radical (unpaired) electrons. The summed E-state index contributed by atoms with van der Waals surface area (Å²) in [6.45, 7) is 0. The van der Waals surface area contributed by atoms with E-state index < -0.39 is 40.4 Å². The Hall–Kier alpha value is 2.32. The molecule has 0 amide bonds. The van der Waals surface area contributed by atoms with Crippen molar-refractivity contribution in [2.45, 2.75) is 0 Å². The van der Waals surface area contributed by atoms with Gasteiger partial charge in [-0.15, -0.1) is 0 Å². The molecule has 0 aromatic rings. The van der Waals surface area contributed by atoms with E-state index in [1.165, 1.54) is 0 Å². The quantitative estimate of drug-likeness (QED) is 0.284. The molecule has 4 atom stereocenters. The largest absolute Gasteiger partial charge is 2.00 e. The Balaban J connectivity index is -0.0000000625. The van der Waals surface area contributed by atoms with Gasteiger partial charge in [0, 0.05) is 40.4 Å². The molecule has 14 heteroatoms. The monoisotopic (exact) mass is 360 g/mol. The van der Waals surface area contributed by atoms with Gasteiger partial charge in [-0.3, -0.25) is 16.8 Å². The summed E-state index contributed by atoms with van der Waals surface area (Å²) < 4.78 is 72.7. The molecule has 0 bridgehead atoms. The van der Waals surface area contributed by atoms with Gasteiger partial charge in [-0.25, -0.2) is 0 Å². The fourth-order valence-corrected chi connectivity index (χ4v) is 0. The van der Waals surface area contributed by atoms with Crippen LogP contribution in [0.2, 0.25) is 0 Å². The Morgan fingerprint density at radius 2 is 0.643 bits per heavy atom. The Morgan fingerprint density at radius 1 is 0.571 bits per heavy atom. The number of hydrogen-bond donors (Lipinski definition) is 0. The van der Waals surface area contributed by atoms with E-state index >= 15 is 0 Å². The van der Waals surface area contributed by atoms with E-state index in [4.69, 9.17) is 35.0 Å². The summed E-state index contributed by atoms with van der Waals surface area (Å²) in [5.74, 6) is 0. The van der Waals surface area contributed by atoms with Gasteiger partial charge < -0.3 is 18.2 Å². The zero-order valence-electron chi connectivity index (χ0n) is 6.31. The maximum atomic E-state index is 9.09. The van der Waals surface area contributed by atoms with E-state index in [1.807, 2.05) is 0 Å². The van der Waals surface area contributed by atoms with Gasteiger partial charge in [0.15, 0.2) is 0 Å². The zero-order chi connectivity index (χ0) is 10.3. The minimum Gasteiger partial charge on any atom is -0.763 e. The van der Waals surface area contributed by atoms with Gasteiger partial charge in [-0.2, -0.15) is 0 Å². The van der Waals surface area contributed by atoms with Gasteiger partial charge in [-0.05, 0) is 0 Å². The van der Waals surface area contributed by atoms with Crippen molar-refractivity contribution in [1.29, 1.82) is 0 Å². The summed E-state index contributed by atoms with van der Waals surface area (Å²) in [5.41, 5.74) is 0. The summed E-state index contributed by atoms with van der Waals surface area (Å²) in [6, 6.07) is 0. The second kappa shape index (κ2) is 15.3. The smallest absolute Gasteiger partial charge is 0.763 e. The first-order valence-corrected chi connectivity index (χ1v) is 7.00. The molecule has 0 aliphatic heterocycles. The van der Waals surface area contributed by atoms with Crippen LogP contribution in [0.15, 0.2) is 0 Å². The van der Waals surface area contributed by atoms with Crippen LogP contribution in [0, 0.1) is 0 Å². The fraction of sp³-hybridized carbons (Fsp3) is 0. The van der Waals surface area contributed by atoms with Crippen molar-refractivity contribution in [3.63, 3.8) is 0 Å². The number of rotatable bonds is 2. The summed E-state index contributed by atoms with van der Waals surface area (Å²) in [7, 11) is -11.8. The third-order valence-corrected chi connectivity index (χ3v) is 2.00. The van der Waals surface area contributed by atoms with Crippen molar-refractivity contribution in [2.75, 3.05) is 0 Å². The van der Waals surface area contributed by atoms with Gasteiger partial charge in [0.1, 0.15) is 0 Å². The molecule has 0 aromatic carbocycles. The maximum Gasteiger partial charge on any atom is 2.00 e. The van der Waals surface area contributed by atoms with Crippen molar-refractivity contribution in [2.24, 2.45) is 0 Å². The third-order valence-electron chi connectivity index (χ3n) is 0.222. The summed E-state index contributed by atoms with van der Waals surface area (Å²) in [6.07, 6.45) is 0. The molecule has 0 N–H and O–H groups in total. The van der Waals surface area contributed by atoms with Crippen LogP contribution < -0.4 is 0 Å². The first-order valence-electron chi connectivity index (χ1n) is 1.67. The van der Waals surface area contributed by atoms with Gasteiger partial charge in [0.05, 0.1) is 0 Å². The van der Waals surface area contributed by atoms with Crippen LogP contribution in [-0.4, -0.2) is 72.8 Å². The topological polar surface area (TPSA) is 161 Å². The standard InChI is InChI=1S/Ca.2H2O4S2.Zn/c;2*1-5(2)6(3)4;/h;2*(H,1,2)(H,3,4);/q+2;;;+2/p-4. The summed E-state index contributed by atoms with van der Waals surface area (Å²) in [4.78, 5) is 0. The molecule has 0 aromatic heterocycles. The Kier molecular flexibility index (Phi) is 27.6. The molecule has 0 spiro atoms. The maximum absolute atomic E-state index is 9.09. The van der Waals surface area contributed by atoms with E-state index in [0.717, 1.165) is 0 Å². The van der Waals surface area contributed by atoms with Gasteiger partial charge in [0.25, 0.3) is 0 Å². The van der Waals surface area contributed by atoms with Crippen LogP contribution in [-0.2, 0) is 59.9 Å². The van der Waals surface area contributed by atoms with E-state index in [2.05, 4.69) is 0 Å². The van der Waals surface area contributed by atoms with Crippen LogP contribution >= 0.6 is 0 Å². The first-order chi connectivity index (χ1) is 5.29. The van der Waals surface area contributed by atoms with Crippen molar-refractivity contribution in [3.8, 4) is 0 Å². The van der Waals surface area contributed by atoms with Crippen molar-refractivity contribution in [3.05, 3.63) is 0 Å². The predicted molar refractivity (Wildman–Crippen MR) is 41.4 cm³/mol. The van der Waals surface area contributed by atoms with Crippen LogP contribution in [0.1, 0.15) is 0 Å². The van der Waals surface area contributed by atoms with Gasteiger partial charge in [-0.1, -0.05) is 0 Å². The van der Waals surface area contributed by atoms with E-state index in [9.17, 15) is 0 Å². The summed E-state index contributed by atoms with van der Waals surface area (Å²) in [5, 5.41) is 0. The normalized spacial score (nSPS) is 16.9. The fourth-order valence-electron chi connectivity index (χ4n) is 0. The molecule has 4 unspecified atom stereocenters. The molecule has 0 saturated carbocycles. The Morgan fingerprint density at radius 3 is 0.643 bits per heavy atom. The van der Waals surface area contributed by atoms with E-state index in [-0.39, 0.29) is 57.2 Å². The van der Waals surface area contributed by atoms with Crippen LogP contribution in [0.5, 0.6) is 0 Å². The van der Waals surface area contributed by atoms with Crippen molar-refractivity contribution in [1.82, 2.24) is 0 Å². The minimum atomic E-state index is -2.95. The molecule has 0 saturated heterocycles.